The van der Waals surface area contributed by atoms with Crippen molar-refractivity contribution < 1.29 is 23.8 Å². The van der Waals surface area contributed by atoms with Gasteiger partial charge in [-0.05, 0) is 35.6 Å². The second kappa shape index (κ2) is 12.2. The molecule has 2 N–H and O–H groups in total. The monoisotopic (exact) mass is 481 g/mol. The lowest BCUT2D eigenvalue weighted by Crippen LogP contribution is -2.42. The smallest absolute Gasteiger partial charge is 0.305 e. The molecule has 1 saturated heterocycles. The molecular weight excluding hydrogens is 446 g/mol. The number of nitrogens with zero attached hydrogens (tertiary/aromatic N) is 2. The molecule has 2 aromatic rings. The number of carbonyl (C=O) groups is 2. The maximum Gasteiger partial charge on any atom is 0.305 e. The number of amides is 1. The molecule has 1 fully saturated rings. The van der Waals surface area contributed by atoms with Crippen LogP contribution in [0.1, 0.15) is 35.1 Å². The van der Waals surface area contributed by atoms with Crippen LogP contribution in [0.15, 0.2) is 42.5 Å². The third-order valence-electron chi connectivity index (χ3n) is 6.82. The van der Waals surface area contributed by atoms with Crippen molar-refractivity contribution in [2.75, 3.05) is 40.0 Å². The van der Waals surface area contributed by atoms with Crippen LogP contribution >= 0.6 is 0 Å². The summed E-state index contributed by atoms with van der Waals surface area (Å²) in [7, 11) is 1.34. The van der Waals surface area contributed by atoms with E-state index in [4.69, 9.17) is 19.9 Å². The minimum Gasteiger partial charge on any atom is -0.489 e. The summed E-state index contributed by atoms with van der Waals surface area (Å²) in [5.74, 6) is 0.0413. The van der Waals surface area contributed by atoms with Gasteiger partial charge in [-0.25, -0.2) is 0 Å². The summed E-state index contributed by atoms with van der Waals surface area (Å²) in [6, 6.07) is 14.1. The van der Waals surface area contributed by atoms with Gasteiger partial charge in [0.05, 0.1) is 26.4 Å². The number of morpholine rings is 1. The molecule has 0 saturated carbocycles. The number of methoxy groups -OCH3 is 1. The average molecular weight is 482 g/mol. The second-order valence-corrected chi connectivity index (χ2v) is 9.14. The number of esters is 1. The standard InChI is InChI=1S/C27H35N3O5/c1-33-26(31)10-9-24(27(28)32)30-17-22-3-2-4-25(23(22)18-30)35-19-21-7-5-20(6-8-21)11-12-29-13-15-34-16-14-29/h2-8,24H,9-19H2,1H3,(H2,28,32). The molecule has 8 nitrogen and oxygen atoms in total. The van der Waals surface area contributed by atoms with Gasteiger partial charge in [0.1, 0.15) is 12.4 Å². The zero-order valence-electron chi connectivity index (χ0n) is 20.4. The van der Waals surface area contributed by atoms with Gasteiger partial charge < -0.3 is 19.9 Å². The van der Waals surface area contributed by atoms with Crippen LogP contribution in [-0.4, -0.2) is 67.7 Å². The van der Waals surface area contributed by atoms with Gasteiger partial charge in [0.15, 0.2) is 0 Å². The number of carbonyl (C=O) groups excluding carboxylic acids is 2. The summed E-state index contributed by atoms with van der Waals surface area (Å²) in [4.78, 5) is 28.1. The summed E-state index contributed by atoms with van der Waals surface area (Å²) < 4.78 is 16.3. The highest BCUT2D eigenvalue weighted by atomic mass is 16.5. The molecule has 0 aromatic heterocycles. The van der Waals surface area contributed by atoms with E-state index >= 15 is 0 Å². The van der Waals surface area contributed by atoms with Crippen LogP contribution in [0.25, 0.3) is 0 Å². The summed E-state index contributed by atoms with van der Waals surface area (Å²) in [5, 5.41) is 0. The topological polar surface area (TPSA) is 94.3 Å². The quantitative estimate of drug-likeness (QED) is 0.492. The molecule has 8 heteroatoms. The first-order valence-corrected chi connectivity index (χ1v) is 12.2. The van der Waals surface area contributed by atoms with Gasteiger partial charge in [0.2, 0.25) is 5.91 Å². The maximum absolute atomic E-state index is 12.1. The molecule has 188 valence electrons. The van der Waals surface area contributed by atoms with E-state index in [0.29, 0.717) is 26.1 Å². The van der Waals surface area contributed by atoms with Crippen molar-refractivity contribution in [3.05, 3.63) is 64.7 Å². The molecule has 1 atom stereocenters. The van der Waals surface area contributed by atoms with Gasteiger partial charge in [0.25, 0.3) is 0 Å². The van der Waals surface area contributed by atoms with Gasteiger partial charge in [-0.3, -0.25) is 19.4 Å². The summed E-state index contributed by atoms with van der Waals surface area (Å²) in [5.41, 5.74) is 10.3. The number of hydrogen-bond acceptors (Lipinski definition) is 7. The number of nitrogens with two attached hydrogens (primary N) is 1. The van der Waals surface area contributed by atoms with Crippen LogP contribution in [0.5, 0.6) is 5.75 Å². The van der Waals surface area contributed by atoms with Crippen LogP contribution in [-0.2, 0) is 45.2 Å². The van der Waals surface area contributed by atoms with Crippen molar-refractivity contribution in [1.29, 1.82) is 0 Å². The Hall–Kier alpha value is -2.94. The lowest BCUT2D eigenvalue weighted by atomic mass is 10.1. The largest absolute Gasteiger partial charge is 0.489 e. The predicted octanol–water partition coefficient (Wildman–Crippen LogP) is 2.26. The number of benzene rings is 2. The predicted molar refractivity (Wildman–Crippen MR) is 132 cm³/mol. The van der Waals surface area contributed by atoms with Crippen molar-refractivity contribution >= 4 is 11.9 Å². The second-order valence-electron chi connectivity index (χ2n) is 9.14. The van der Waals surface area contributed by atoms with Crippen LogP contribution in [0.3, 0.4) is 0 Å². The number of fused-ring (bicyclic) bond motifs is 1. The van der Waals surface area contributed by atoms with E-state index in [1.165, 1.54) is 12.7 Å². The third-order valence-corrected chi connectivity index (χ3v) is 6.82. The van der Waals surface area contributed by atoms with E-state index in [2.05, 4.69) is 29.2 Å². The number of primary amides is 1. The molecule has 2 heterocycles. The molecule has 1 unspecified atom stereocenters. The van der Waals surface area contributed by atoms with E-state index in [1.54, 1.807) is 0 Å². The summed E-state index contributed by atoms with van der Waals surface area (Å²) >= 11 is 0. The van der Waals surface area contributed by atoms with Crippen LogP contribution in [0.4, 0.5) is 0 Å². The molecule has 0 bridgehead atoms. The van der Waals surface area contributed by atoms with Gasteiger partial charge in [-0.1, -0.05) is 36.4 Å². The highest BCUT2D eigenvalue weighted by Crippen LogP contribution is 2.33. The van der Waals surface area contributed by atoms with Crippen LogP contribution in [0, 0.1) is 0 Å². The Balaban J connectivity index is 1.32. The van der Waals surface area contributed by atoms with Crippen molar-refractivity contribution in [3.8, 4) is 5.75 Å². The zero-order valence-corrected chi connectivity index (χ0v) is 20.4. The van der Waals surface area contributed by atoms with E-state index < -0.39 is 11.9 Å². The minimum atomic E-state index is -0.528. The average Bonchev–Trinajstić information content (AvgIpc) is 3.31. The molecule has 4 rings (SSSR count). The fraction of sp³-hybridized carbons (Fsp3) is 0.481. The van der Waals surface area contributed by atoms with E-state index in [0.717, 1.165) is 61.7 Å². The minimum absolute atomic E-state index is 0.156. The molecule has 35 heavy (non-hydrogen) atoms. The summed E-state index contributed by atoms with van der Waals surface area (Å²) in [6.45, 7) is 6.35. The highest BCUT2D eigenvalue weighted by molar-refractivity contribution is 5.81. The summed E-state index contributed by atoms with van der Waals surface area (Å²) in [6.07, 6.45) is 1.52. The first-order valence-electron chi connectivity index (χ1n) is 12.2. The lowest BCUT2D eigenvalue weighted by Gasteiger charge is -2.26. The molecule has 1 amide bonds. The highest BCUT2D eigenvalue weighted by Gasteiger charge is 2.31. The first-order chi connectivity index (χ1) is 17.0. The van der Waals surface area contributed by atoms with Gasteiger partial charge in [0, 0.05) is 44.7 Å². The molecule has 2 aliphatic rings. The molecule has 0 spiro atoms. The van der Waals surface area contributed by atoms with E-state index in [-0.39, 0.29) is 12.4 Å². The maximum atomic E-state index is 12.1. The van der Waals surface area contributed by atoms with Gasteiger partial charge in [-0.2, -0.15) is 0 Å². The lowest BCUT2D eigenvalue weighted by molar-refractivity contribution is -0.141. The molecule has 0 radical (unpaired) electrons. The molecule has 2 aliphatic heterocycles. The first kappa shape index (κ1) is 25.2. The molecular formula is C27H35N3O5. The Bertz CT molecular complexity index is 1000. The Kier molecular flexibility index (Phi) is 8.74. The van der Waals surface area contributed by atoms with Crippen LogP contribution < -0.4 is 10.5 Å². The Morgan fingerprint density at radius 2 is 1.80 bits per heavy atom. The molecule has 0 aliphatic carbocycles. The zero-order chi connectivity index (χ0) is 24.6. The van der Waals surface area contributed by atoms with Crippen LogP contribution in [0.2, 0.25) is 0 Å². The number of hydrogen-bond donors (Lipinski definition) is 1. The van der Waals surface area contributed by atoms with Crippen molar-refractivity contribution in [2.45, 2.75) is 45.0 Å². The SMILES string of the molecule is COC(=O)CCC(C(N)=O)N1Cc2cccc(OCc3ccc(CCN4CCOCC4)cc3)c2C1. The van der Waals surface area contributed by atoms with Crippen molar-refractivity contribution in [1.82, 2.24) is 9.80 Å². The number of rotatable bonds is 11. The fourth-order valence-corrected chi connectivity index (χ4v) is 4.71. The fourth-order valence-electron chi connectivity index (χ4n) is 4.71. The van der Waals surface area contributed by atoms with Gasteiger partial charge in [-0.15, -0.1) is 0 Å². The van der Waals surface area contributed by atoms with Gasteiger partial charge >= 0.3 is 5.97 Å². The van der Waals surface area contributed by atoms with Crippen molar-refractivity contribution in [2.24, 2.45) is 5.73 Å². The van der Waals surface area contributed by atoms with E-state index in [9.17, 15) is 9.59 Å². The van der Waals surface area contributed by atoms with Crippen molar-refractivity contribution in [3.63, 3.8) is 0 Å². The van der Waals surface area contributed by atoms with E-state index in [1.807, 2.05) is 23.1 Å². The Morgan fingerprint density at radius 1 is 1.06 bits per heavy atom. The Morgan fingerprint density at radius 3 is 2.51 bits per heavy atom. The molecule has 2 aromatic carbocycles. The Labute approximate surface area is 206 Å². The third kappa shape index (κ3) is 6.81. The number of ether oxygens (including phenoxy) is 3. The normalized spacial score (nSPS) is 17.1.